The van der Waals surface area contributed by atoms with E-state index in [0.717, 1.165) is 25.7 Å². The van der Waals surface area contributed by atoms with Gasteiger partial charge in [-0.3, -0.25) is 4.79 Å². The highest BCUT2D eigenvalue weighted by molar-refractivity contribution is 6.02. The van der Waals surface area contributed by atoms with Crippen molar-refractivity contribution in [2.45, 2.75) is 106 Å². The Morgan fingerprint density at radius 1 is 0.963 bits per heavy atom. The monoisotopic (exact) mass is 379 g/mol. The van der Waals surface area contributed by atoms with E-state index in [2.05, 4.69) is 69.2 Å². The maximum Gasteiger partial charge on any atom is 0.335 e. The quantitative estimate of drug-likeness (QED) is 0.603. The fraction of sp³-hybridized carbons (Fsp3) is 0.913. The van der Waals surface area contributed by atoms with Crippen LogP contribution in [0.15, 0.2) is 0 Å². The van der Waals surface area contributed by atoms with Crippen LogP contribution in [0, 0.1) is 28.6 Å². The minimum Gasteiger partial charge on any atom is -0.366 e. The summed E-state index contributed by atoms with van der Waals surface area (Å²) in [5, 5.41) is 1.88. The van der Waals surface area contributed by atoms with Crippen LogP contribution in [0.1, 0.15) is 94.9 Å². The summed E-state index contributed by atoms with van der Waals surface area (Å²) in [5.74, 6) is -1.03. The molecule has 0 spiro atoms. The standard InChI is InChI=1S/C23H41NO3/c1-20(2,3)15-14-16(21(4,5)6)18(25)17(15)19(26)27-24-22(7,8)12-11-13-23(24,9)10/h15-17H,11-14H2,1-10H3/t15-,16-,17+/m0/s1. The molecule has 0 aromatic rings. The summed E-state index contributed by atoms with van der Waals surface area (Å²) in [5.41, 5.74) is -0.703. The van der Waals surface area contributed by atoms with Gasteiger partial charge in [0.25, 0.3) is 0 Å². The molecule has 2 fully saturated rings. The smallest absolute Gasteiger partial charge is 0.335 e. The highest BCUT2D eigenvalue weighted by Gasteiger charge is 2.55. The Morgan fingerprint density at radius 2 is 1.44 bits per heavy atom. The van der Waals surface area contributed by atoms with Gasteiger partial charge in [-0.25, -0.2) is 4.79 Å². The van der Waals surface area contributed by atoms with Crippen LogP contribution >= 0.6 is 0 Å². The van der Waals surface area contributed by atoms with E-state index in [-0.39, 0.29) is 45.5 Å². The third-order valence-corrected chi connectivity index (χ3v) is 6.81. The van der Waals surface area contributed by atoms with Gasteiger partial charge in [0.2, 0.25) is 0 Å². The van der Waals surface area contributed by atoms with Crippen molar-refractivity contribution >= 4 is 11.8 Å². The topological polar surface area (TPSA) is 46.6 Å². The molecular formula is C23H41NO3. The lowest BCUT2D eigenvalue weighted by Crippen LogP contribution is -2.59. The average Bonchev–Trinajstić information content (AvgIpc) is 2.80. The van der Waals surface area contributed by atoms with Crippen LogP contribution < -0.4 is 0 Å². The summed E-state index contributed by atoms with van der Waals surface area (Å²) in [4.78, 5) is 32.7. The van der Waals surface area contributed by atoms with E-state index in [4.69, 9.17) is 4.84 Å². The number of nitrogens with zero attached hydrogens (tertiary/aromatic N) is 1. The lowest BCUT2D eigenvalue weighted by atomic mass is 9.73. The van der Waals surface area contributed by atoms with E-state index in [0.29, 0.717) is 0 Å². The van der Waals surface area contributed by atoms with Crippen LogP contribution in [0.3, 0.4) is 0 Å². The number of Topliss-reactive ketones (excluding diaryl/α,β-unsaturated/α-hetero) is 1. The third-order valence-electron chi connectivity index (χ3n) is 6.81. The second kappa shape index (κ2) is 6.86. The highest BCUT2D eigenvalue weighted by Crippen LogP contribution is 2.50. The molecule has 1 saturated carbocycles. The van der Waals surface area contributed by atoms with E-state index in [1.54, 1.807) is 0 Å². The first-order valence-corrected chi connectivity index (χ1v) is 10.5. The molecule has 3 atom stereocenters. The highest BCUT2D eigenvalue weighted by atomic mass is 16.7. The minimum absolute atomic E-state index is 0.0118. The Bertz CT molecular complexity index is 576. The number of carbonyl (C=O) groups excluding carboxylic acids is 2. The lowest BCUT2D eigenvalue weighted by molar-refractivity contribution is -0.269. The summed E-state index contributed by atoms with van der Waals surface area (Å²) in [6.07, 6.45) is 3.84. The molecule has 1 aliphatic heterocycles. The molecular weight excluding hydrogens is 338 g/mol. The molecule has 156 valence electrons. The van der Waals surface area contributed by atoms with Crippen LogP contribution in [-0.4, -0.2) is 27.9 Å². The van der Waals surface area contributed by atoms with Gasteiger partial charge in [-0.15, -0.1) is 5.06 Å². The first-order valence-electron chi connectivity index (χ1n) is 10.5. The summed E-state index contributed by atoms with van der Waals surface area (Å²) in [6, 6.07) is 0. The van der Waals surface area contributed by atoms with Crippen LogP contribution in [0.2, 0.25) is 0 Å². The molecule has 0 unspecified atom stereocenters. The van der Waals surface area contributed by atoms with Gasteiger partial charge in [-0.1, -0.05) is 41.5 Å². The number of hydroxylamine groups is 2. The molecule has 4 nitrogen and oxygen atoms in total. The molecule has 0 aromatic carbocycles. The summed E-state index contributed by atoms with van der Waals surface area (Å²) in [7, 11) is 0. The largest absolute Gasteiger partial charge is 0.366 e. The van der Waals surface area contributed by atoms with E-state index >= 15 is 0 Å². The molecule has 0 amide bonds. The molecule has 2 rings (SSSR count). The molecule has 1 aliphatic carbocycles. The lowest BCUT2D eigenvalue weighted by Gasteiger charge is -2.50. The number of hydrogen-bond acceptors (Lipinski definition) is 4. The van der Waals surface area contributed by atoms with Crippen molar-refractivity contribution in [3.8, 4) is 0 Å². The third kappa shape index (κ3) is 4.41. The van der Waals surface area contributed by atoms with E-state index in [1.807, 2.05) is 5.06 Å². The first kappa shape index (κ1) is 22.4. The summed E-state index contributed by atoms with van der Waals surface area (Å²) < 4.78 is 0. The molecule has 0 N–H and O–H groups in total. The molecule has 2 aliphatic rings. The zero-order chi connectivity index (χ0) is 21.0. The molecule has 0 bridgehead atoms. The summed E-state index contributed by atoms with van der Waals surface area (Å²) >= 11 is 0. The fourth-order valence-electron chi connectivity index (χ4n) is 5.21. The van der Waals surface area contributed by atoms with Gasteiger partial charge >= 0.3 is 5.97 Å². The maximum absolute atomic E-state index is 13.3. The second-order valence-electron chi connectivity index (χ2n) is 12.2. The Hall–Kier alpha value is -0.900. The fourth-order valence-corrected chi connectivity index (χ4v) is 5.21. The second-order valence-corrected chi connectivity index (χ2v) is 12.2. The van der Waals surface area contributed by atoms with Crippen LogP contribution in [0.4, 0.5) is 0 Å². The zero-order valence-corrected chi connectivity index (χ0v) is 19.2. The Balaban J connectivity index is 2.33. The Kier molecular flexibility index (Phi) is 5.69. The van der Waals surface area contributed by atoms with Gasteiger partial charge < -0.3 is 4.84 Å². The number of carbonyl (C=O) groups is 2. The summed E-state index contributed by atoms with van der Waals surface area (Å²) in [6.45, 7) is 21.2. The zero-order valence-electron chi connectivity index (χ0n) is 19.2. The van der Waals surface area contributed by atoms with Gasteiger partial charge in [0, 0.05) is 5.92 Å². The van der Waals surface area contributed by atoms with Crippen LogP contribution in [0.5, 0.6) is 0 Å². The Labute approximate surface area is 166 Å². The molecule has 1 heterocycles. The van der Waals surface area contributed by atoms with Gasteiger partial charge in [0.1, 0.15) is 5.92 Å². The number of piperidine rings is 1. The number of rotatable bonds is 2. The van der Waals surface area contributed by atoms with E-state index < -0.39 is 5.92 Å². The predicted octanol–water partition coefficient (Wildman–Crippen LogP) is 5.40. The average molecular weight is 380 g/mol. The van der Waals surface area contributed by atoms with Crippen molar-refractivity contribution in [3.05, 3.63) is 0 Å². The molecule has 0 radical (unpaired) electrons. The first-order chi connectivity index (χ1) is 12.0. The van der Waals surface area contributed by atoms with Crippen LogP contribution in [-0.2, 0) is 14.4 Å². The van der Waals surface area contributed by atoms with Gasteiger partial charge in [0.15, 0.2) is 5.78 Å². The Morgan fingerprint density at radius 3 is 1.85 bits per heavy atom. The normalized spacial score (nSPS) is 31.8. The van der Waals surface area contributed by atoms with Crippen molar-refractivity contribution in [2.24, 2.45) is 28.6 Å². The molecule has 0 aromatic heterocycles. The molecule has 1 saturated heterocycles. The number of ketones is 1. The van der Waals surface area contributed by atoms with E-state index in [9.17, 15) is 9.59 Å². The van der Waals surface area contributed by atoms with Gasteiger partial charge in [0.05, 0.1) is 11.1 Å². The van der Waals surface area contributed by atoms with Crippen molar-refractivity contribution in [3.63, 3.8) is 0 Å². The van der Waals surface area contributed by atoms with Crippen molar-refractivity contribution in [2.75, 3.05) is 0 Å². The van der Waals surface area contributed by atoms with Crippen molar-refractivity contribution in [1.29, 1.82) is 0 Å². The van der Waals surface area contributed by atoms with Crippen molar-refractivity contribution in [1.82, 2.24) is 5.06 Å². The SMILES string of the molecule is CC(C)(C)[C@H]1C[C@H](C(C)(C)C)[C@@H](C(=O)ON2C(C)(C)CCCC2(C)C)C1=O. The van der Waals surface area contributed by atoms with Gasteiger partial charge in [-0.05, 0) is 70.1 Å². The minimum atomic E-state index is -0.664. The van der Waals surface area contributed by atoms with Crippen molar-refractivity contribution < 1.29 is 14.4 Å². The van der Waals surface area contributed by atoms with Gasteiger partial charge in [-0.2, -0.15) is 0 Å². The molecule has 4 heteroatoms. The maximum atomic E-state index is 13.3. The van der Waals surface area contributed by atoms with Crippen LogP contribution in [0.25, 0.3) is 0 Å². The number of hydrogen-bond donors (Lipinski definition) is 0. The van der Waals surface area contributed by atoms with E-state index in [1.165, 1.54) is 0 Å². The predicted molar refractivity (Wildman–Crippen MR) is 109 cm³/mol. The molecule has 27 heavy (non-hydrogen) atoms.